The van der Waals surface area contributed by atoms with E-state index in [1.54, 1.807) is 0 Å². The highest BCUT2D eigenvalue weighted by Gasteiger charge is 2.12. The lowest BCUT2D eigenvalue weighted by Crippen LogP contribution is -2.04. The van der Waals surface area contributed by atoms with Crippen LogP contribution in [0.25, 0.3) is 5.57 Å². The molecule has 70 valence electrons. The molecule has 1 aliphatic rings. The van der Waals surface area contributed by atoms with Crippen LogP contribution in [0.4, 0.5) is 0 Å². The summed E-state index contributed by atoms with van der Waals surface area (Å²) in [5, 5.41) is 0. The van der Waals surface area contributed by atoms with Crippen LogP contribution in [-0.2, 0) is 4.79 Å². The third kappa shape index (κ3) is 1.67. The fourth-order valence-corrected chi connectivity index (χ4v) is 1.54. The van der Waals surface area contributed by atoms with Gasteiger partial charge in [0.25, 0.3) is 0 Å². The topological polar surface area (TPSA) is 17.1 Å². The second-order valence-corrected chi connectivity index (χ2v) is 3.51. The Labute approximate surface area is 83.8 Å². The lowest BCUT2D eigenvalue weighted by Gasteiger charge is -2.10. The maximum absolute atomic E-state index is 11.5. The lowest BCUT2D eigenvalue weighted by molar-refractivity contribution is -0.114. The molecule has 0 unspecified atom stereocenters. The number of hydrogen-bond donors (Lipinski definition) is 0. The summed E-state index contributed by atoms with van der Waals surface area (Å²) < 4.78 is 0. The Hall–Kier alpha value is -1.63. The van der Waals surface area contributed by atoms with E-state index >= 15 is 0 Å². The zero-order chi connectivity index (χ0) is 9.97. The molecule has 2 rings (SSSR count). The molecule has 0 bridgehead atoms. The van der Waals surface area contributed by atoms with E-state index in [2.05, 4.69) is 0 Å². The van der Waals surface area contributed by atoms with Gasteiger partial charge >= 0.3 is 0 Å². The van der Waals surface area contributed by atoms with Crippen molar-refractivity contribution in [3.8, 4) is 0 Å². The number of carbonyl (C=O) groups excluding carboxylic acids is 1. The van der Waals surface area contributed by atoms with Gasteiger partial charge in [0, 0.05) is 6.42 Å². The molecule has 0 saturated carbocycles. The maximum Gasteiger partial charge on any atom is 0.162 e. The van der Waals surface area contributed by atoms with Crippen molar-refractivity contribution >= 4 is 11.4 Å². The van der Waals surface area contributed by atoms with Gasteiger partial charge in [0.1, 0.15) is 0 Å². The fourth-order valence-electron chi connectivity index (χ4n) is 1.54. The van der Waals surface area contributed by atoms with Crippen LogP contribution in [0, 0.1) is 0 Å². The summed E-state index contributed by atoms with van der Waals surface area (Å²) in [7, 11) is 0. The first-order valence-corrected chi connectivity index (χ1v) is 4.73. The van der Waals surface area contributed by atoms with Gasteiger partial charge in [-0.05, 0) is 23.6 Å². The predicted molar refractivity (Wildman–Crippen MR) is 57.8 cm³/mol. The van der Waals surface area contributed by atoms with E-state index in [0.717, 1.165) is 16.7 Å². The minimum atomic E-state index is 0.228. The molecular weight excluding hydrogens is 172 g/mol. The van der Waals surface area contributed by atoms with Crippen molar-refractivity contribution in [3.63, 3.8) is 0 Å². The predicted octanol–water partition coefficient (Wildman–Crippen LogP) is 2.99. The quantitative estimate of drug-likeness (QED) is 0.655. The van der Waals surface area contributed by atoms with Gasteiger partial charge in [0.2, 0.25) is 0 Å². The Morgan fingerprint density at radius 3 is 2.43 bits per heavy atom. The molecule has 14 heavy (non-hydrogen) atoms. The largest absolute Gasteiger partial charge is 0.294 e. The second-order valence-electron chi connectivity index (χ2n) is 3.51. The Balaban J connectivity index is 2.35. The summed E-state index contributed by atoms with van der Waals surface area (Å²) in [5.41, 5.74) is 3.11. The molecular formula is C13H12O. The van der Waals surface area contributed by atoms with Crippen molar-refractivity contribution in [1.29, 1.82) is 0 Å². The van der Waals surface area contributed by atoms with Gasteiger partial charge in [0.15, 0.2) is 5.78 Å². The summed E-state index contributed by atoms with van der Waals surface area (Å²) in [5.74, 6) is 0.228. The average molecular weight is 184 g/mol. The number of rotatable bonds is 1. The van der Waals surface area contributed by atoms with E-state index in [1.807, 2.05) is 49.4 Å². The molecule has 1 heteroatoms. The molecule has 0 aromatic heterocycles. The van der Waals surface area contributed by atoms with Gasteiger partial charge in [-0.25, -0.2) is 0 Å². The van der Waals surface area contributed by atoms with Gasteiger partial charge < -0.3 is 0 Å². The minimum absolute atomic E-state index is 0.228. The Morgan fingerprint density at radius 1 is 1.07 bits per heavy atom. The standard InChI is InChI=1S/C13H12O/c1-10-7-8-12(9-13(10)14)11-5-3-2-4-6-11/h2-8H,9H2,1H3. The van der Waals surface area contributed by atoms with Crippen molar-refractivity contribution in [2.45, 2.75) is 13.3 Å². The molecule has 0 spiro atoms. The second kappa shape index (κ2) is 3.62. The van der Waals surface area contributed by atoms with Crippen molar-refractivity contribution in [2.24, 2.45) is 0 Å². The van der Waals surface area contributed by atoms with Crippen molar-refractivity contribution in [3.05, 3.63) is 53.6 Å². The van der Waals surface area contributed by atoms with Crippen LogP contribution in [0.3, 0.4) is 0 Å². The highest BCUT2D eigenvalue weighted by Crippen LogP contribution is 2.23. The van der Waals surface area contributed by atoms with Crippen molar-refractivity contribution in [1.82, 2.24) is 0 Å². The molecule has 0 saturated heterocycles. The zero-order valence-electron chi connectivity index (χ0n) is 8.16. The summed E-state index contributed by atoms with van der Waals surface area (Å²) in [6.07, 6.45) is 4.46. The molecule has 1 nitrogen and oxygen atoms in total. The van der Waals surface area contributed by atoms with Crippen LogP contribution in [0.5, 0.6) is 0 Å². The minimum Gasteiger partial charge on any atom is -0.294 e. The van der Waals surface area contributed by atoms with Crippen LogP contribution in [0.1, 0.15) is 18.9 Å². The van der Waals surface area contributed by atoms with Gasteiger partial charge in [-0.2, -0.15) is 0 Å². The molecule has 1 aliphatic carbocycles. The maximum atomic E-state index is 11.5. The third-order valence-electron chi connectivity index (χ3n) is 2.47. The Morgan fingerprint density at radius 2 is 1.79 bits per heavy atom. The van der Waals surface area contributed by atoms with Crippen molar-refractivity contribution < 1.29 is 4.79 Å². The van der Waals surface area contributed by atoms with E-state index in [-0.39, 0.29) is 5.78 Å². The number of allylic oxidation sites excluding steroid dienone is 4. The lowest BCUT2D eigenvalue weighted by atomic mass is 9.93. The van der Waals surface area contributed by atoms with Gasteiger partial charge in [-0.1, -0.05) is 42.5 Å². The van der Waals surface area contributed by atoms with E-state index in [9.17, 15) is 4.79 Å². The van der Waals surface area contributed by atoms with E-state index < -0.39 is 0 Å². The molecule has 0 atom stereocenters. The fraction of sp³-hybridized carbons (Fsp3) is 0.154. The molecule has 0 heterocycles. The first kappa shape index (κ1) is 8.95. The highest BCUT2D eigenvalue weighted by molar-refractivity contribution is 6.04. The first-order chi connectivity index (χ1) is 6.77. The number of benzene rings is 1. The van der Waals surface area contributed by atoms with Gasteiger partial charge in [0.05, 0.1) is 0 Å². The smallest absolute Gasteiger partial charge is 0.162 e. The number of carbonyl (C=O) groups is 1. The Kier molecular flexibility index (Phi) is 2.32. The van der Waals surface area contributed by atoms with Crippen LogP contribution < -0.4 is 0 Å². The molecule has 0 N–H and O–H groups in total. The van der Waals surface area contributed by atoms with Gasteiger partial charge in [-0.3, -0.25) is 4.79 Å². The number of ketones is 1. The first-order valence-electron chi connectivity index (χ1n) is 4.73. The molecule has 1 aromatic rings. The van der Waals surface area contributed by atoms with Gasteiger partial charge in [-0.15, -0.1) is 0 Å². The normalized spacial score (nSPS) is 16.2. The molecule has 0 amide bonds. The van der Waals surface area contributed by atoms with Crippen LogP contribution >= 0.6 is 0 Å². The summed E-state index contributed by atoms with van der Waals surface area (Å²) in [6.45, 7) is 1.86. The Bertz CT molecular complexity index is 410. The van der Waals surface area contributed by atoms with E-state index in [4.69, 9.17) is 0 Å². The molecule has 0 aliphatic heterocycles. The van der Waals surface area contributed by atoms with E-state index in [1.165, 1.54) is 0 Å². The summed E-state index contributed by atoms with van der Waals surface area (Å²) in [6, 6.07) is 10.0. The number of Topliss-reactive ketones (excluding diaryl/α,β-unsaturated/α-hetero) is 1. The van der Waals surface area contributed by atoms with Crippen molar-refractivity contribution in [2.75, 3.05) is 0 Å². The SMILES string of the molecule is CC1=CC=C(c2ccccc2)CC1=O. The summed E-state index contributed by atoms with van der Waals surface area (Å²) in [4.78, 5) is 11.5. The highest BCUT2D eigenvalue weighted by atomic mass is 16.1. The van der Waals surface area contributed by atoms with Crippen LogP contribution in [0.2, 0.25) is 0 Å². The molecule has 0 radical (unpaired) electrons. The van der Waals surface area contributed by atoms with Crippen LogP contribution in [0.15, 0.2) is 48.1 Å². The van der Waals surface area contributed by atoms with Crippen LogP contribution in [-0.4, -0.2) is 5.78 Å². The third-order valence-corrected chi connectivity index (χ3v) is 2.47. The molecule has 0 fully saturated rings. The zero-order valence-corrected chi connectivity index (χ0v) is 8.16. The average Bonchev–Trinajstić information content (AvgIpc) is 2.23. The molecule has 1 aromatic carbocycles. The van der Waals surface area contributed by atoms with E-state index in [0.29, 0.717) is 6.42 Å². The number of hydrogen-bond acceptors (Lipinski definition) is 1. The summed E-state index contributed by atoms with van der Waals surface area (Å²) >= 11 is 0. The monoisotopic (exact) mass is 184 g/mol.